The summed E-state index contributed by atoms with van der Waals surface area (Å²) in [5.74, 6) is -1.81. The molecule has 1 aliphatic rings. The number of nitrogens with one attached hydrogen (secondary N) is 2. The number of thioether (sulfide) groups is 1. The Balaban J connectivity index is 1.59. The van der Waals surface area contributed by atoms with Gasteiger partial charge in [0, 0.05) is 5.38 Å². The molecule has 206 valence electrons. The number of aromatic nitrogens is 1. The summed E-state index contributed by atoms with van der Waals surface area (Å²) >= 11 is 3.24. The van der Waals surface area contributed by atoms with Gasteiger partial charge < -0.3 is 10.1 Å². The van der Waals surface area contributed by atoms with E-state index >= 15 is 0 Å². The van der Waals surface area contributed by atoms with E-state index in [4.69, 9.17) is 14.3 Å². The lowest BCUT2D eigenvalue weighted by Crippen LogP contribution is -2.40. The molecule has 4 rings (SSSR count). The Bertz CT molecular complexity index is 1420. The number of hydrogen-bond donors (Lipinski definition) is 3. The van der Waals surface area contributed by atoms with Gasteiger partial charge in [-0.05, 0) is 47.4 Å². The molecule has 39 heavy (non-hydrogen) atoms. The fourth-order valence-corrected chi connectivity index (χ4v) is 6.97. The normalized spacial score (nSPS) is 18.3. The monoisotopic (exact) mass is 587 g/mol. The fraction of sp³-hybridized carbons (Fsp3) is 0.296. The van der Waals surface area contributed by atoms with Gasteiger partial charge in [-0.15, -0.1) is 23.1 Å². The van der Waals surface area contributed by atoms with E-state index in [0.717, 1.165) is 16.1 Å². The molecule has 4 atom stereocenters. The van der Waals surface area contributed by atoms with Crippen molar-refractivity contribution in [2.75, 3.05) is 11.8 Å². The van der Waals surface area contributed by atoms with Gasteiger partial charge in [-0.2, -0.15) is 8.42 Å². The van der Waals surface area contributed by atoms with E-state index in [-0.39, 0.29) is 17.4 Å². The van der Waals surface area contributed by atoms with Gasteiger partial charge in [0.15, 0.2) is 0 Å². The van der Waals surface area contributed by atoms with Crippen LogP contribution in [0.4, 0.5) is 5.69 Å². The Morgan fingerprint density at radius 1 is 1.08 bits per heavy atom. The van der Waals surface area contributed by atoms with Crippen LogP contribution >= 0.6 is 23.1 Å². The first-order valence-corrected chi connectivity index (χ1v) is 15.4. The largest absolute Gasteiger partial charge is 0.468 e. The molecular formula is C27H29N3O6S3. The Morgan fingerprint density at radius 2 is 1.77 bits per heavy atom. The van der Waals surface area contributed by atoms with Gasteiger partial charge in [0.2, 0.25) is 5.91 Å². The quantitative estimate of drug-likeness (QED) is 0.167. The minimum atomic E-state index is -4.39. The van der Waals surface area contributed by atoms with E-state index in [9.17, 15) is 18.0 Å². The van der Waals surface area contributed by atoms with Crippen LogP contribution in [0.2, 0.25) is 0 Å². The smallest absolute Gasteiger partial charge is 0.357 e. The summed E-state index contributed by atoms with van der Waals surface area (Å²) in [6.45, 7) is 2.13. The van der Waals surface area contributed by atoms with Gasteiger partial charge in [-0.3, -0.25) is 18.9 Å². The zero-order valence-electron chi connectivity index (χ0n) is 21.3. The van der Waals surface area contributed by atoms with Crippen molar-refractivity contribution in [1.82, 2.24) is 10.3 Å². The van der Waals surface area contributed by atoms with Gasteiger partial charge in [0.25, 0.3) is 0 Å². The molecule has 1 aromatic heterocycles. The number of hydrogen-bond acceptors (Lipinski definition) is 8. The third-order valence-electron chi connectivity index (χ3n) is 6.27. The highest BCUT2D eigenvalue weighted by atomic mass is 32.2. The van der Waals surface area contributed by atoms with E-state index in [1.165, 1.54) is 30.6 Å². The summed E-state index contributed by atoms with van der Waals surface area (Å²) < 4.78 is 38.2. The van der Waals surface area contributed by atoms with Crippen LogP contribution < -0.4 is 10.0 Å². The molecule has 1 amide bonds. The predicted octanol–water partition coefficient (Wildman–Crippen LogP) is 4.73. The van der Waals surface area contributed by atoms with E-state index in [1.807, 2.05) is 40.4 Å². The first kappa shape index (κ1) is 28.8. The highest BCUT2D eigenvalue weighted by Gasteiger charge is 2.31. The lowest BCUT2D eigenvalue weighted by molar-refractivity contribution is -0.150. The second-order valence-corrected chi connectivity index (χ2v) is 12.3. The Hall–Kier alpha value is -3.19. The van der Waals surface area contributed by atoms with Gasteiger partial charge in [0.05, 0.1) is 29.8 Å². The zero-order valence-corrected chi connectivity index (χ0v) is 23.8. The maximum absolute atomic E-state index is 13.5. The molecule has 2 heterocycles. The topological polar surface area (TPSA) is 135 Å². The first-order valence-electron chi connectivity index (χ1n) is 12.2. The molecule has 0 spiro atoms. The fourth-order valence-electron chi connectivity index (χ4n) is 4.22. The number of carbonyl (C=O) groups is 2. The first-order chi connectivity index (χ1) is 18.6. The molecule has 0 saturated carbocycles. The minimum absolute atomic E-state index is 0.187. The van der Waals surface area contributed by atoms with Crippen molar-refractivity contribution in [3.05, 3.63) is 93.3 Å². The summed E-state index contributed by atoms with van der Waals surface area (Å²) in [5.41, 5.74) is 2.49. The second-order valence-electron chi connectivity index (χ2n) is 9.16. The lowest BCUT2D eigenvalue weighted by atomic mass is 9.97. The van der Waals surface area contributed by atoms with E-state index in [0.29, 0.717) is 18.0 Å². The summed E-state index contributed by atoms with van der Waals surface area (Å²) in [6, 6.07) is 15.1. The number of carbonyl (C=O) groups excluding carboxylic acids is 2. The van der Waals surface area contributed by atoms with Crippen molar-refractivity contribution in [3.63, 3.8) is 0 Å². The van der Waals surface area contributed by atoms with Crippen molar-refractivity contribution < 1.29 is 27.3 Å². The van der Waals surface area contributed by atoms with Gasteiger partial charge in [-0.1, -0.05) is 55.5 Å². The van der Waals surface area contributed by atoms with Crippen molar-refractivity contribution in [2.45, 2.75) is 31.1 Å². The number of anilines is 1. The molecule has 1 aliphatic heterocycles. The molecule has 0 radical (unpaired) electrons. The molecule has 12 heteroatoms. The number of allylic oxidation sites excluding steroid dienone is 1. The molecule has 0 saturated heterocycles. The molecule has 2 unspecified atom stereocenters. The molecule has 0 bridgehead atoms. The Kier molecular flexibility index (Phi) is 9.44. The summed E-state index contributed by atoms with van der Waals surface area (Å²) in [6.07, 6.45) is 2.67. The summed E-state index contributed by atoms with van der Waals surface area (Å²) in [7, 11) is -3.14. The average molecular weight is 588 g/mol. The molecule has 3 aromatic rings. The van der Waals surface area contributed by atoms with Crippen LogP contribution in [0.1, 0.15) is 40.0 Å². The maximum atomic E-state index is 13.5. The van der Waals surface area contributed by atoms with Crippen molar-refractivity contribution in [3.8, 4) is 0 Å². The number of rotatable bonds is 11. The highest BCUT2D eigenvalue weighted by molar-refractivity contribution is 8.02. The van der Waals surface area contributed by atoms with Crippen molar-refractivity contribution in [1.29, 1.82) is 0 Å². The number of ether oxygens (including phenoxy) is 1. The van der Waals surface area contributed by atoms with E-state index in [1.54, 1.807) is 23.9 Å². The Morgan fingerprint density at radius 3 is 2.38 bits per heavy atom. The molecule has 9 nitrogen and oxygen atoms in total. The van der Waals surface area contributed by atoms with Crippen molar-refractivity contribution >= 4 is 51.0 Å². The maximum Gasteiger partial charge on any atom is 0.357 e. The summed E-state index contributed by atoms with van der Waals surface area (Å²) in [5, 5.41) is 8.16. The van der Waals surface area contributed by atoms with Gasteiger partial charge in [-0.25, -0.2) is 4.98 Å². The third kappa shape index (κ3) is 7.91. The van der Waals surface area contributed by atoms with Crippen LogP contribution in [-0.4, -0.2) is 36.9 Å². The van der Waals surface area contributed by atoms with Gasteiger partial charge in [0.1, 0.15) is 10.9 Å². The van der Waals surface area contributed by atoms with Crippen LogP contribution in [0.5, 0.6) is 0 Å². The summed E-state index contributed by atoms with van der Waals surface area (Å²) in [4.78, 5) is 31.0. The number of esters is 1. The van der Waals surface area contributed by atoms with Gasteiger partial charge >= 0.3 is 16.3 Å². The highest BCUT2D eigenvalue weighted by Crippen LogP contribution is 2.44. The molecule has 3 N–H and O–H groups in total. The Labute approximate surface area is 236 Å². The molecule has 0 fully saturated rings. The molecular weight excluding hydrogens is 559 g/mol. The number of benzene rings is 2. The molecule has 2 aromatic carbocycles. The third-order valence-corrected chi connectivity index (χ3v) is 9.12. The predicted molar refractivity (Wildman–Crippen MR) is 153 cm³/mol. The average Bonchev–Trinajstić information content (AvgIpc) is 3.56. The molecule has 0 aliphatic carbocycles. The zero-order chi connectivity index (χ0) is 28.0. The number of nitrogens with zero attached hydrogens (tertiary/aromatic N) is 1. The SMILES string of the molecule is COC(=O)[C@@H](Cc1ccccc1)C(=O)N[C@@H](Cc1ccc(NS(=O)(=O)O)cc1)c1csc(C2SC=CC2C)n1. The van der Waals surface area contributed by atoms with E-state index < -0.39 is 34.1 Å². The van der Waals surface area contributed by atoms with Crippen LogP contribution in [0.3, 0.4) is 0 Å². The van der Waals surface area contributed by atoms with Crippen LogP contribution in [0.15, 0.2) is 71.5 Å². The minimum Gasteiger partial charge on any atom is -0.468 e. The van der Waals surface area contributed by atoms with E-state index in [2.05, 4.69) is 23.7 Å². The number of thiazole rings is 1. The standard InChI is InChI=1S/C27H29N3O6S3/c1-17-12-13-37-24(17)26-29-23(16-38-26)22(15-19-8-10-20(11-9-19)30-39(33,34)35)28-25(31)21(27(32)36-2)14-18-6-4-3-5-7-18/h3-13,16-17,21-22,24,30H,14-15H2,1-2H3,(H,28,31)(H,33,34,35)/t17?,21-,22-,24?/m0/s1. The number of amides is 1. The van der Waals surface area contributed by atoms with Crippen LogP contribution in [0.25, 0.3) is 0 Å². The lowest BCUT2D eigenvalue weighted by Gasteiger charge is -2.21. The van der Waals surface area contributed by atoms with Crippen LogP contribution in [0, 0.1) is 11.8 Å². The van der Waals surface area contributed by atoms with Crippen molar-refractivity contribution in [2.24, 2.45) is 11.8 Å². The van der Waals surface area contributed by atoms with Crippen LogP contribution in [-0.2, 0) is 37.5 Å². The number of methoxy groups -OCH3 is 1. The second kappa shape index (κ2) is 12.8.